The van der Waals surface area contributed by atoms with Crippen LogP contribution in [0.3, 0.4) is 0 Å². The zero-order valence-corrected chi connectivity index (χ0v) is 12.3. The minimum Gasteiger partial charge on any atom is -0.461 e. The number of nitrogens with one attached hydrogen (secondary N) is 1. The van der Waals surface area contributed by atoms with Gasteiger partial charge in [0.15, 0.2) is 0 Å². The molecule has 0 atom stereocenters. The average molecular weight is 271 g/mol. The molecule has 7 heteroatoms. The van der Waals surface area contributed by atoms with Crippen LogP contribution in [-0.4, -0.2) is 38.6 Å². The van der Waals surface area contributed by atoms with E-state index < -0.39 is 0 Å². The zero-order chi connectivity index (χ0) is 13.8. The molecule has 0 bridgehead atoms. The van der Waals surface area contributed by atoms with Gasteiger partial charge in [-0.25, -0.2) is 0 Å². The predicted molar refractivity (Wildman–Crippen MR) is 76.1 cm³/mol. The molecule has 102 valence electrons. The first-order valence-corrected chi connectivity index (χ1v) is 7.02. The highest BCUT2D eigenvalue weighted by Crippen LogP contribution is 2.21. The van der Waals surface area contributed by atoms with E-state index in [1.54, 1.807) is 11.8 Å². The van der Waals surface area contributed by atoms with E-state index in [0.717, 1.165) is 6.54 Å². The van der Waals surface area contributed by atoms with Crippen molar-refractivity contribution in [1.82, 2.24) is 15.0 Å². The number of nitrogen functional groups attached to an aromatic ring is 1. The summed E-state index contributed by atoms with van der Waals surface area (Å²) >= 11 is 1.77. The molecule has 1 rings (SSSR count). The highest BCUT2D eigenvalue weighted by atomic mass is 32.2. The van der Waals surface area contributed by atoms with Crippen molar-refractivity contribution in [3.05, 3.63) is 0 Å². The van der Waals surface area contributed by atoms with Crippen molar-refractivity contribution < 1.29 is 4.74 Å². The number of thioether (sulfide) groups is 1. The first-order valence-electron chi connectivity index (χ1n) is 5.79. The molecule has 0 aliphatic heterocycles. The largest absolute Gasteiger partial charge is 0.461 e. The van der Waals surface area contributed by atoms with Crippen molar-refractivity contribution in [2.75, 3.05) is 23.9 Å². The van der Waals surface area contributed by atoms with E-state index in [4.69, 9.17) is 10.5 Å². The van der Waals surface area contributed by atoms with Crippen LogP contribution >= 0.6 is 11.8 Å². The lowest BCUT2D eigenvalue weighted by Crippen LogP contribution is -2.27. The van der Waals surface area contributed by atoms with E-state index in [-0.39, 0.29) is 22.8 Å². The van der Waals surface area contributed by atoms with E-state index in [2.05, 4.69) is 40.4 Å². The number of hydrogen-bond acceptors (Lipinski definition) is 7. The number of aromatic nitrogens is 3. The molecule has 0 radical (unpaired) electrons. The lowest BCUT2D eigenvalue weighted by atomic mass is 10.2. The summed E-state index contributed by atoms with van der Waals surface area (Å²) in [5.74, 6) is 0.602. The summed E-state index contributed by atoms with van der Waals surface area (Å²) in [5, 5.41) is 3.15. The fourth-order valence-corrected chi connectivity index (χ4v) is 1.30. The van der Waals surface area contributed by atoms with Crippen LogP contribution in [0.5, 0.6) is 6.01 Å². The molecule has 0 fully saturated rings. The van der Waals surface area contributed by atoms with Crippen LogP contribution in [0.1, 0.15) is 27.7 Å². The summed E-state index contributed by atoms with van der Waals surface area (Å²) in [4.78, 5) is 12.1. The van der Waals surface area contributed by atoms with Gasteiger partial charge in [-0.1, -0.05) is 0 Å². The van der Waals surface area contributed by atoms with Crippen LogP contribution in [0.2, 0.25) is 0 Å². The SMILES string of the molecule is CSC(C)(C)CNc1nc(N)nc(OC(C)C)n1. The lowest BCUT2D eigenvalue weighted by Gasteiger charge is -2.22. The van der Waals surface area contributed by atoms with E-state index in [1.165, 1.54) is 0 Å². The topological polar surface area (TPSA) is 86.0 Å². The van der Waals surface area contributed by atoms with E-state index in [9.17, 15) is 0 Å². The molecule has 6 nitrogen and oxygen atoms in total. The number of hydrogen-bond donors (Lipinski definition) is 2. The second-order valence-corrected chi connectivity index (χ2v) is 6.30. The monoisotopic (exact) mass is 271 g/mol. The minimum atomic E-state index is 0.00212. The van der Waals surface area contributed by atoms with Gasteiger partial charge in [0, 0.05) is 11.3 Å². The number of nitrogens with zero attached hydrogens (tertiary/aromatic N) is 3. The second kappa shape index (κ2) is 6.08. The van der Waals surface area contributed by atoms with Crippen molar-refractivity contribution in [2.45, 2.75) is 38.5 Å². The van der Waals surface area contributed by atoms with Gasteiger partial charge in [-0.05, 0) is 34.0 Å². The molecule has 0 saturated heterocycles. The molecule has 0 amide bonds. The fraction of sp³-hybridized carbons (Fsp3) is 0.727. The number of rotatable bonds is 6. The molecule has 1 aromatic heterocycles. The van der Waals surface area contributed by atoms with E-state index in [0.29, 0.717) is 5.95 Å². The summed E-state index contributed by atoms with van der Waals surface area (Å²) in [5.41, 5.74) is 5.62. The van der Waals surface area contributed by atoms with Crippen LogP contribution in [0.4, 0.5) is 11.9 Å². The average Bonchev–Trinajstić information content (AvgIpc) is 2.25. The fourth-order valence-electron chi connectivity index (χ4n) is 1.08. The lowest BCUT2D eigenvalue weighted by molar-refractivity contribution is 0.222. The van der Waals surface area contributed by atoms with Crippen molar-refractivity contribution in [3.63, 3.8) is 0 Å². The third-order valence-electron chi connectivity index (χ3n) is 2.20. The van der Waals surface area contributed by atoms with Crippen molar-refractivity contribution in [1.29, 1.82) is 0 Å². The van der Waals surface area contributed by atoms with Crippen LogP contribution < -0.4 is 15.8 Å². The number of anilines is 2. The maximum Gasteiger partial charge on any atom is 0.323 e. The van der Waals surface area contributed by atoms with Gasteiger partial charge in [0.05, 0.1) is 6.10 Å². The first kappa shape index (κ1) is 14.8. The van der Waals surface area contributed by atoms with Gasteiger partial charge in [0.1, 0.15) is 0 Å². The molecular formula is C11H21N5OS. The van der Waals surface area contributed by atoms with Crippen LogP contribution in [-0.2, 0) is 0 Å². The maximum absolute atomic E-state index is 5.62. The Bertz CT molecular complexity index is 397. The first-order chi connectivity index (χ1) is 8.32. The highest BCUT2D eigenvalue weighted by Gasteiger charge is 2.16. The Labute approximate surface area is 112 Å². The van der Waals surface area contributed by atoms with Gasteiger partial charge >= 0.3 is 6.01 Å². The van der Waals surface area contributed by atoms with Crippen molar-refractivity contribution in [3.8, 4) is 6.01 Å². The Morgan fingerprint density at radius 3 is 2.56 bits per heavy atom. The molecule has 0 unspecified atom stereocenters. The standard InChI is InChI=1S/C11H21N5OS/c1-7(2)17-10-15-8(12)14-9(16-10)13-6-11(3,4)18-5/h7H,6H2,1-5H3,(H3,12,13,14,15,16). The second-order valence-electron chi connectivity index (χ2n) is 4.78. The van der Waals surface area contributed by atoms with Crippen molar-refractivity contribution in [2.24, 2.45) is 0 Å². The van der Waals surface area contributed by atoms with Gasteiger partial charge in [0.2, 0.25) is 11.9 Å². The number of ether oxygens (including phenoxy) is 1. The Morgan fingerprint density at radius 2 is 2.00 bits per heavy atom. The molecule has 0 aliphatic rings. The van der Waals surface area contributed by atoms with E-state index in [1.807, 2.05) is 13.8 Å². The molecule has 0 aliphatic carbocycles. The third kappa shape index (κ3) is 4.95. The van der Waals surface area contributed by atoms with Gasteiger partial charge < -0.3 is 15.8 Å². The molecule has 0 saturated carbocycles. The summed E-state index contributed by atoms with van der Waals surface area (Å²) in [6.07, 6.45) is 2.07. The summed E-state index contributed by atoms with van der Waals surface area (Å²) < 4.78 is 5.50. The van der Waals surface area contributed by atoms with Gasteiger partial charge in [-0.3, -0.25) is 0 Å². The Balaban J connectivity index is 2.74. The summed E-state index contributed by atoms with van der Waals surface area (Å²) in [6, 6.07) is 0.252. The molecule has 1 aromatic rings. The third-order valence-corrected chi connectivity index (χ3v) is 3.45. The maximum atomic E-state index is 5.62. The van der Waals surface area contributed by atoms with Crippen LogP contribution in [0.15, 0.2) is 0 Å². The Morgan fingerprint density at radius 1 is 1.33 bits per heavy atom. The zero-order valence-electron chi connectivity index (χ0n) is 11.5. The van der Waals surface area contributed by atoms with Gasteiger partial charge in [-0.2, -0.15) is 26.7 Å². The molecular weight excluding hydrogens is 250 g/mol. The molecule has 0 spiro atoms. The van der Waals surface area contributed by atoms with Gasteiger partial charge in [-0.15, -0.1) is 0 Å². The van der Waals surface area contributed by atoms with Crippen LogP contribution in [0, 0.1) is 0 Å². The summed E-state index contributed by atoms with van der Waals surface area (Å²) in [7, 11) is 0. The molecule has 18 heavy (non-hydrogen) atoms. The minimum absolute atomic E-state index is 0.00212. The predicted octanol–water partition coefficient (Wildman–Crippen LogP) is 1.79. The molecule has 1 heterocycles. The Kier molecular flexibility index (Phi) is 5.01. The van der Waals surface area contributed by atoms with Crippen molar-refractivity contribution >= 4 is 23.7 Å². The quantitative estimate of drug-likeness (QED) is 0.815. The number of nitrogens with two attached hydrogens (primary N) is 1. The van der Waals surface area contributed by atoms with Crippen LogP contribution in [0.25, 0.3) is 0 Å². The van der Waals surface area contributed by atoms with Gasteiger partial charge in [0.25, 0.3) is 0 Å². The molecule has 0 aromatic carbocycles. The summed E-state index contributed by atoms with van der Waals surface area (Å²) in [6.45, 7) is 8.83. The van der Waals surface area contributed by atoms with E-state index >= 15 is 0 Å². The normalized spacial score (nSPS) is 11.7. The molecule has 3 N–H and O–H groups in total. The highest BCUT2D eigenvalue weighted by molar-refractivity contribution is 7.99. The Hall–Kier alpha value is -1.24. The smallest absolute Gasteiger partial charge is 0.323 e.